The second-order valence-corrected chi connectivity index (χ2v) is 8.62. The molecule has 33 heavy (non-hydrogen) atoms. The molecule has 0 amide bonds. The quantitative estimate of drug-likeness (QED) is 0.288. The molecule has 0 aromatic heterocycles. The van der Waals surface area contributed by atoms with Crippen molar-refractivity contribution >= 4 is 17.8 Å². The van der Waals surface area contributed by atoms with Crippen molar-refractivity contribution in [1.29, 1.82) is 0 Å². The van der Waals surface area contributed by atoms with Crippen LogP contribution in [0.1, 0.15) is 64.7 Å². The third-order valence-electron chi connectivity index (χ3n) is 6.20. The first-order valence-electron chi connectivity index (χ1n) is 11.0. The number of methoxy groups -OCH3 is 1. The van der Waals surface area contributed by atoms with Crippen LogP contribution in [0.2, 0.25) is 0 Å². The summed E-state index contributed by atoms with van der Waals surface area (Å²) in [5.41, 5.74) is 4.28. The summed E-state index contributed by atoms with van der Waals surface area (Å²) in [5, 5.41) is 0. The fourth-order valence-electron chi connectivity index (χ4n) is 4.36. The third-order valence-corrected chi connectivity index (χ3v) is 6.20. The summed E-state index contributed by atoms with van der Waals surface area (Å²) in [6, 6.07) is 19.0. The fraction of sp³-hybridized carbons (Fsp3) is 0.214. The second-order valence-electron chi connectivity index (χ2n) is 8.62. The van der Waals surface area contributed by atoms with Gasteiger partial charge in [0.15, 0.2) is 5.76 Å². The Labute approximate surface area is 192 Å². The minimum Gasteiger partial charge on any atom is -0.497 e. The van der Waals surface area contributed by atoms with E-state index in [4.69, 9.17) is 14.2 Å². The lowest BCUT2D eigenvalue weighted by Crippen LogP contribution is -2.21. The Hall–Kier alpha value is -3.86. The predicted molar refractivity (Wildman–Crippen MR) is 125 cm³/mol. The molecule has 0 aliphatic carbocycles. The van der Waals surface area contributed by atoms with E-state index in [1.807, 2.05) is 36.4 Å². The molecule has 5 nitrogen and oxygen atoms in total. The Kier molecular flexibility index (Phi) is 5.25. The highest BCUT2D eigenvalue weighted by Crippen LogP contribution is 2.49. The Morgan fingerprint density at radius 3 is 2.33 bits per heavy atom. The van der Waals surface area contributed by atoms with Crippen molar-refractivity contribution in [2.75, 3.05) is 7.11 Å². The Morgan fingerprint density at radius 1 is 0.939 bits per heavy atom. The number of ether oxygens (including phenoxy) is 3. The van der Waals surface area contributed by atoms with Crippen LogP contribution < -0.4 is 14.2 Å². The first-order valence-corrected chi connectivity index (χ1v) is 11.0. The fourth-order valence-corrected chi connectivity index (χ4v) is 4.36. The highest BCUT2D eigenvalue weighted by molar-refractivity contribution is 6.15. The molecule has 5 rings (SSSR count). The lowest BCUT2D eigenvalue weighted by molar-refractivity contribution is -0.135. The number of benzene rings is 3. The summed E-state index contributed by atoms with van der Waals surface area (Å²) in [6.07, 6.45) is 1.91. The van der Waals surface area contributed by atoms with Crippen molar-refractivity contribution in [2.45, 2.75) is 32.1 Å². The van der Waals surface area contributed by atoms with E-state index in [1.165, 1.54) is 5.56 Å². The van der Waals surface area contributed by atoms with Crippen LogP contribution in [0, 0.1) is 0 Å². The van der Waals surface area contributed by atoms with E-state index >= 15 is 0 Å². The van der Waals surface area contributed by atoms with Crippen molar-refractivity contribution in [3.05, 3.63) is 94.2 Å². The molecule has 0 N–H and O–H groups in total. The van der Waals surface area contributed by atoms with E-state index in [9.17, 15) is 9.59 Å². The summed E-state index contributed by atoms with van der Waals surface area (Å²) < 4.78 is 16.8. The summed E-state index contributed by atoms with van der Waals surface area (Å²) in [5.74, 6) is 1.59. The van der Waals surface area contributed by atoms with Crippen LogP contribution in [0.15, 0.2) is 66.4 Å². The van der Waals surface area contributed by atoms with Gasteiger partial charge < -0.3 is 14.2 Å². The van der Waals surface area contributed by atoms with Crippen LogP contribution in [-0.4, -0.2) is 18.9 Å². The SMILES string of the molecule is COc1ccc(/C=C2\Oc3c(ccc4c3[C@@H](c3ccc(C(C)C)cc3)CC(=O)O4)C2=O)cc1. The van der Waals surface area contributed by atoms with Crippen LogP contribution in [-0.2, 0) is 4.79 Å². The molecule has 1 atom stereocenters. The number of hydrogen-bond acceptors (Lipinski definition) is 5. The van der Waals surface area contributed by atoms with E-state index in [0.717, 1.165) is 22.4 Å². The van der Waals surface area contributed by atoms with Crippen molar-refractivity contribution in [3.63, 3.8) is 0 Å². The number of carbonyl (C=O) groups is 2. The van der Waals surface area contributed by atoms with Crippen molar-refractivity contribution in [1.82, 2.24) is 0 Å². The van der Waals surface area contributed by atoms with Gasteiger partial charge in [-0.1, -0.05) is 50.2 Å². The highest BCUT2D eigenvalue weighted by Gasteiger charge is 2.38. The summed E-state index contributed by atoms with van der Waals surface area (Å²) in [4.78, 5) is 25.5. The molecule has 2 aliphatic heterocycles. The molecule has 0 unspecified atom stereocenters. The maximum atomic E-state index is 13.1. The van der Waals surface area contributed by atoms with E-state index < -0.39 is 0 Å². The summed E-state index contributed by atoms with van der Waals surface area (Å²) in [7, 11) is 1.61. The maximum Gasteiger partial charge on any atom is 0.312 e. The number of esters is 1. The van der Waals surface area contributed by atoms with Crippen LogP contribution in [0.3, 0.4) is 0 Å². The van der Waals surface area contributed by atoms with Crippen molar-refractivity contribution in [2.24, 2.45) is 0 Å². The van der Waals surface area contributed by atoms with E-state index in [0.29, 0.717) is 23.0 Å². The molecule has 0 saturated carbocycles. The van der Waals surface area contributed by atoms with Crippen LogP contribution in [0.5, 0.6) is 17.2 Å². The Bertz CT molecular complexity index is 1270. The van der Waals surface area contributed by atoms with Gasteiger partial charge in [0.25, 0.3) is 0 Å². The zero-order chi connectivity index (χ0) is 23.1. The lowest BCUT2D eigenvalue weighted by atomic mass is 9.84. The van der Waals surface area contributed by atoms with Gasteiger partial charge >= 0.3 is 5.97 Å². The summed E-state index contributed by atoms with van der Waals surface area (Å²) in [6.45, 7) is 4.29. The second kappa shape index (κ2) is 8.24. The van der Waals surface area contributed by atoms with Gasteiger partial charge in [0, 0.05) is 11.5 Å². The molecule has 2 aliphatic rings. The first-order chi connectivity index (χ1) is 15.9. The molecule has 5 heteroatoms. The maximum absolute atomic E-state index is 13.1. The predicted octanol–water partition coefficient (Wildman–Crippen LogP) is 5.88. The van der Waals surface area contributed by atoms with Gasteiger partial charge in [0.05, 0.1) is 19.1 Å². The molecule has 3 aromatic carbocycles. The number of Topliss-reactive ketones (excluding diaryl/α,β-unsaturated/α-hetero) is 1. The lowest BCUT2D eigenvalue weighted by Gasteiger charge is -2.26. The Morgan fingerprint density at radius 2 is 1.67 bits per heavy atom. The number of hydrogen-bond donors (Lipinski definition) is 0. The van der Waals surface area contributed by atoms with Gasteiger partial charge in [-0.3, -0.25) is 9.59 Å². The van der Waals surface area contributed by atoms with E-state index in [-0.39, 0.29) is 29.9 Å². The minimum absolute atomic E-state index is 0.186. The number of carbonyl (C=O) groups excluding carboxylic acids is 2. The first kappa shape index (κ1) is 21.0. The molecule has 0 bridgehead atoms. The van der Waals surface area contributed by atoms with Gasteiger partial charge in [-0.05, 0) is 52.9 Å². The number of rotatable bonds is 4. The zero-order valence-electron chi connectivity index (χ0n) is 18.8. The molecule has 3 aromatic rings. The topological polar surface area (TPSA) is 61.8 Å². The molecule has 0 fully saturated rings. The van der Waals surface area contributed by atoms with Crippen molar-refractivity contribution in [3.8, 4) is 17.2 Å². The average Bonchev–Trinajstić information content (AvgIpc) is 3.14. The molecular formula is C28H24O5. The van der Waals surface area contributed by atoms with Gasteiger partial charge in [-0.2, -0.15) is 0 Å². The van der Waals surface area contributed by atoms with Crippen molar-refractivity contribution < 1.29 is 23.8 Å². The molecular weight excluding hydrogens is 416 g/mol. The molecule has 0 saturated heterocycles. The molecule has 2 heterocycles. The van der Waals surface area contributed by atoms with Crippen LogP contribution in [0.25, 0.3) is 6.08 Å². The highest BCUT2D eigenvalue weighted by atomic mass is 16.5. The number of allylic oxidation sites excluding steroid dienone is 1. The number of fused-ring (bicyclic) bond motifs is 3. The van der Waals surface area contributed by atoms with E-state index in [2.05, 4.69) is 26.0 Å². The standard InChI is InChI=1S/C28H24O5/c1-16(2)18-6-8-19(9-7-18)22-15-25(29)32-23-13-12-21-27(30)24(33-28(21)26(22)23)14-17-4-10-20(31-3)11-5-17/h4-14,16,22H,15H2,1-3H3/b24-14-/t22-/m1/s1. The van der Waals surface area contributed by atoms with Gasteiger partial charge in [0.2, 0.25) is 5.78 Å². The molecule has 166 valence electrons. The van der Waals surface area contributed by atoms with Crippen LogP contribution >= 0.6 is 0 Å². The monoisotopic (exact) mass is 440 g/mol. The largest absolute Gasteiger partial charge is 0.497 e. The Balaban J connectivity index is 1.55. The van der Waals surface area contributed by atoms with Gasteiger partial charge in [-0.25, -0.2) is 0 Å². The molecule has 0 spiro atoms. The smallest absolute Gasteiger partial charge is 0.312 e. The minimum atomic E-state index is -0.293. The van der Waals surface area contributed by atoms with Gasteiger partial charge in [-0.15, -0.1) is 0 Å². The van der Waals surface area contributed by atoms with E-state index in [1.54, 1.807) is 25.3 Å². The number of ketones is 1. The zero-order valence-corrected chi connectivity index (χ0v) is 18.8. The summed E-state index contributed by atoms with van der Waals surface area (Å²) >= 11 is 0. The molecule has 0 radical (unpaired) electrons. The van der Waals surface area contributed by atoms with Crippen LogP contribution in [0.4, 0.5) is 0 Å². The average molecular weight is 440 g/mol. The third kappa shape index (κ3) is 3.80. The van der Waals surface area contributed by atoms with Gasteiger partial charge in [0.1, 0.15) is 17.2 Å². The normalized spacial score (nSPS) is 18.1.